The Morgan fingerprint density at radius 1 is 1.41 bits per heavy atom. The van der Waals surface area contributed by atoms with Crippen LogP contribution in [0.3, 0.4) is 0 Å². The summed E-state index contributed by atoms with van der Waals surface area (Å²) in [5.41, 5.74) is 9.08. The molecule has 4 heteroatoms. The highest BCUT2D eigenvalue weighted by Gasteiger charge is 2.13. The minimum atomic E-state index is -1.11. The first-order chi connectivity index (χ1) is 8.20. The summed E-state index contributed by atoms with van der Waals surface area (Å²) in [7, 11) is 0. The Hall–Kier alpha value is -1.39. The molecule has 0 fully saturated rings. The van der Waals surface area contributed by atoms with Gasteiger partial charge in [0.05, 0.1) is 0 Å². The van der Waals surface area contributed by atoms with Crippen LogP contribution in [0.15, 0.2) is 18.2 Å². The van der Waals surface area contributed by atoms with Gasteiger partial charge >= 0.3 is 0 Å². The minimum absolute atomic E-state index is 0.0456. The van der Waals surface area contributed by atoms with Crippen molar-refractivity contribution in [1.82, 2.24) is 5.32 Å². The van der Waals surface area contributed by atoms with Crippen molar-refractivity contribution in [3.63, 3.8) is 0 Å². The molecule has 1 aliphatic rings. The average Bonchev–Trinajstić information content (AvgIpc) is 2.82. The monoisotopic (exact) mass is 234 g/mol. The van der Waals surface area contributed by atoms with Crippen LogP contribution in [-0.2, 0) is 24.2 Å². The van der Waals surface area contributed by atoms with E-state index in [0.717, 1.165) is 18.4 Å². The van der Waals surface area contributed by atoms with Gasteiger partial charge in [-0.1, -0.05) is 18.2 Å². The number of carbonyl (C=O) groups excluding carboxylic acids is 1. The molecule has 1 amide bonds. The van der Waals surface area contributed by atoms with Gasteiger partial charge in [-0.2, -0.15) is 0 Å². The fraction of sp³-hybridized carbons (Fsp3) is 0.462. The van der Waals surface area contributed by atoms with Crippen LogP contribution >= 0.6 is 0 Å². The molecule has 1 aliphatic carbocycles. The molecule has 92 valence electrons. The lowest BCUT2D eigenvalue weighted by molar-refractivity contribution is -0.128. The van der Waals surface area contributed by atoms with Crippen LogP contribution in [-0.4, -0.2) is 23.7 Å². The van der Waals surface area contributed by atoms with Crippen molar-refractivity contribution in [2.45, 2.75) is 31.9 Å². The molecule has 1 unspecified atom stereocenters. The Bertz CT molecular complexity index is 418. The van der Waals surface area contributed by atoms with Crippen molar-refractivity contribution in [2.24, 2.45) is 5.73 Å². The topological polar surface area (TPSA) is 75.3 Å². The lowest BCUT2D eigenvalue weighted by Gasteiger charge is -2.10. The maximum atomic E-state index is 11.3. The van der Waals surface area contributed by atoms with Crippen LogP contribution in [0.2, 0.25) is 0 Å². The second-order valence-electron chi connectivity index (χ2n) is 4.43. The molecule has 2 rings (SSSR count). The molecule has 0 saturated carbocycles. The second-order valence-corrected chi connectivity index (χ2v) is 4.43. The van der Waals surface area contributed by atoms with Crippen molar-refractivity contribution in [1.29, 1.82) is 0 Å². The third-order valence-corrected chi connectivity index (χ3v) is 3.16. The summed E-state index contributed by atoms with van der Waals surface area (Å²) in [5, 5.41) is 11.9. The van der Waals surface area contributed by atoms with Crippen molar-refractivity contribution < 1.29 is 9.90 Å². The highest BCUT2D eigenvalue weighted by atomic mass is 16.3. The Balaban J connectivity index is 1.93. The molecule has 1 aromatic rings. The first-order valence-corrected chi connectivity index (χ1v) is 5.97. The Kier molecular flexibility index (Phi) is 3.76. The van der Waals surface area contributed by atoms with Gasteiger partial charge in [0, 0.05) is 13.1 Å². The van der Waals surface area contributed by atoms with Gasteiger partial charge < -0.3 is 16.2 Å². The molecule has 0 spiro atoms. The highest BCUT2D eigenvalue weighted by Crippen LogP contribution is 2.22. The Labute approximate surface area is 101 Å². The lowest BCUT2D eigenvalue weighted by Crippen LogP contribution is -2.38. The first kappa shape index (κ1) is 12.1. The van der Waals surface area contributed by atoms with Gasteiger partial charge in [0.25, 0.3) is 0 Å². The van der Waals surface area contributed by atoms with E-state index in [1.807, 2.05) is 6.07 Å². The number of fused-ring (bicyclic) bond motifs is 1. The predicted molar refractivity (Wildman–Crippen MR) is 65.4 cm³/mol. The van der Waals surface area contributed by atoms with E-state index in [1.165, 1.54) is 17.5 Å². The summed E-state index contributed by atoms with van der Waals surface area (Å²) >= 11 is 0. The molecule has 0 saturated heterocycles. The van der Waals surface area contributed by atoms with Crippen molar-refractivity contribution >= 4 is 5.91 Å². The molecule has 1 aromatic carbocycles. The fourth-order valence-corrected chi connectivity index (χ4v) is 2.15. The van der Waals surface area contributed by atoms with Crippen LogP contribution in [0, 0.1) is 0 Å². The highest BCUT2D eigenvalue weighted by molar-refractivity contribution is 5.80. The number of benzene rings is 1. The standard InChI is InChI=1S/C13H18N2O2/c14-7-12(16)13(17)15-8-9-4-5-10-2-1-3-11(10)6-9/h4-6,12,16H,1-3,7-8,14H2,(H,15,17). The summed E-state index contributed by atoms with van der Waals surface area (Å²) in [4.78, 5) is 11.3. The van der Waals surface area contributed by atoms with Gasteiger partial charge in [0.1, 0.15) is 6.10 Å². The van der Waals surface area contributed by atoms with E-state index in [9.17, 15) is 9.90 Å². The zero-order valence-corrected chi connectivity index (χ0v) is 9.78. The Morgan fingerprint density at radius 3 is 2.94 bits per heavy atom. The normalized spacial score (nSPS) is 15.4. The molecule has 1 atom stereocenters. The van der Waals surface area contributed by atoms with E-state index < -0.39 is 12.0 Å². The molecule has 0 radical (unpaired) electrons. The van der Waals surface area contributed by atoms with Gasteiger partial charge in [-0.25, -0.2) is 0 Å². The molecule has 0 aromatic heterocycles. The van der Waals surface area contributed by atoms with Crippen molar-refractivity contribution in [2.75, 3.05) is 6.54 Å². The number of aliphatic hydroxyl groups is 1. The van der Waals surface area contributed by atoms with Crippen LogP contribution in [0.1, 0.15) is 23.1 Å². The van der Waals surface area contributed by atoms with Gasteiger partial charge in [0.15, 0.2) is 0 Å². The van der Waals surface area contributed by atoms with Gasteiger partial charge in [-0.15, -0.1) is 0 Å². The molecular weight excluding hydrogens is 216 g/mol. The first-order valence-electron chi connectivity index (χ1n) is 5.97. The number of rotatable bonds is 4. The van der Waals surface area contributed by atoms with Crippen molar-refractivity contribution in [3.8, 4) is 0 Å². The summed E-state index contributed by atoms with van der Waals surface area (Å²) < 4.78 is 0. The minimum Gasteiger partial charge on any atom is -0.382 e. The van der Waals surface area contributed by atoms with Crippen LogP contribution in [0.4, 0.5) is 0 Å². The van der Waals surface area contributed by atoms with Crippen LogP contribution in [0.25, 0.3) is 0 Å². The number of aryl methyl sites for hydroxylation is 2. The zero-order chi connectivity index (χ0) is 12.3. The molecule has 0 bridgehead atoms. The third kappa shape index (κ3) is 2.84. The summed E-state index contributed by atoms with van der Waals surface area (Å²) in [6.45, 7) is 0.402. The van der Waals surface area contributed by atoms with Gasteiger partial charge in [0.2, 0.25) is 5.91 Å². The zero-order valence-electron chi connectivity index (χ0n) is 9.78. The largest absolute Gasteiger partial charge is 0.382 e. The number of hydrogen-bond donors (Lipinski definition) is 3. The van der Waals surface area contributed by atoms with E-state index in [4.69, 9.17) is 5.73 Å². The number of aliphatic hydroxyl groups excluding tert-OH is 1. The van der Waals surface area contributed by atoms with E-state index in [1.54, 1.807) is 0 Å². The molecule has 0 aliphatic heterocycles. The quantitative estimate of drug-likeness (QED) is 0.692. The number of nitrogens with two attached hydrogens (primary N) is 1. The number of hydrogen-bond acceptors (Lipinski definition) is 3. The van der Waals surface area contributed by atoms with E-state index in [2.05, 4.69) is 17.4 Å². The molecule has 4 nitrogen and oxygen atoms in total. The number of carbonyl (C=O) groups is 1. The number of nitrogens with one attached hydrogen (secondary N) is 1. The maximum Gasteiger partial charge on any atom is 0.250 e. The lowest BCUT2D eigenvalue weighted by atomic mass is 10.1. The summed E-state index contributed by atoms with van der Waals surface area (Å²) in [6.07, 6.45) is 2.40. The average molecular weight is 234 g/mol. The van der Waals surface area contributed by atoms with Crippen LogP contribution in [0.5, 0.6) is 0 Å². The van der Waals surface area contributed by atoms with Crippen molar-refractivity contribution in [3.05, 3.63) is 34.9 Å². The smallest absolute Gasteiger partial charge is 0.250 e. The Morgan fingerprint density at radius 2 is 2.18 bits per heavy atom. The summed E-state index contributed by atoms with van der Waals surface area (Å²) in [5.74, 6) is -0.409. The molecular formula is C13H18N2O2. The van der Waals surface area contributed by atoms with E-state index in [-0.39, 0.29) is 6.54 Å². The molecule has 4 N–H and O–H groups in total. The molecule has 0 heterocycles. The number of amides is 1. The predicted octanol–water partition coefficient (Wildman–Crippen LogP) is 0.111. The van der Waals surface area contributed by atoms with E-state index in [0.29, 0.717) is 6.54 Å². The maximum absolute atomic E-state index is 11.3. The van der Waals surface area contributed by atoms with E-state index >= 15 is 0 Å². The molecule has 17 heavy (non-hydrogen) atoms. The third-order valence-electron chi connectivity index (χ3n) is 3.16. The van der Waals surface area contributed by atoms with Gasteiger partial charge in [-0.3, -0.25) is 4.79 Å². The second kappa shape index (κ2) is 5.29. The van der Waals surface area contributed by atoms with Gasteiger partial charge in [-0.05, 0) is 36.0 Å². The van der Waals surface area contributed by atoms with Crippen LogP contribution < -0.4 is 11.1 Å². The fourth-order valence-electron chi connectivity index (χ4n) is 2.15. The SMILES string of the molecule is NCC(O)C(=O)NCc1ccc2c(c1)CCC2. The summed E-state index contributed by atoms with van der Waals surface area (Å²) in [6, 6.07) is 6.29.